The van der Waals surface area contributed by atoms with E-state index in [2.05, 4.69) is 34.6 Å². The Labute approximate surface area is 226 Å². The summed E-state index contributed by atoms with van der Waals surface area (Å²) in [6, 6.07) is 0. The second-order valence-corrected chi connectivity index (χ2v) is 12.8. The molecule has 0 unspecified atom stereocenters. The van der Waals surface area contributed by atoms with E-state index >= 15 is 0 Å². The van der Waals surface area contributed by atoms with Crippen LogP contribution in [0.1, 0.15) is 163 Å². The second kappa shape index (κ2) is 29.6. The topological polar surface area (TPSA) is 81.8 Å². The summed E-state index contributed by atoms with van der Waals surface area (Å²) in [5, 5.41) is 0. The second-order valence-electron chi connectivity index (χ2n) is 11.3. The maximum Gasteiger partial charge on any atom is 0.472 e. The van der Waals surface area contributed by atoms with Gasteiger partial charge in [-0.15, -0.1) is 0 Å². The lowest BCUT2D eigenvalue weighted by atomic mass is 10.0. The zero-order chi connectivity index (χ0) is 27.3. The highest BCUT2D eigenvalue weighted by Gasteiger charge is 2.20. The summed E-state index contributed by atoms with van der Waals surface area (Å²) in [7, 11) is -3.81. The SMILES string of the molecule is CC(C)CCCOP(=O)(O)OCCCC(C)C.CCCCCCCCCCCCCCCCCCN. The Morgan fingerprint density at radius 3 is 1.17 bits per heavy atom. The Balaban J connectivity index is 0. The minimum Gasteiger partial charge on any atom is -0.330 e. The molecule has 220 valence electrons. The molecule has 0 radical (unpaired) electrons. The molecule has 0 aromatic carbocycles. The monoisotopic (exact) mass is 535 g/mol. The van der Waals surface area contributed by atoms with Crippen LogP contribution in [0.15, 0.2) is 0 Å². The summed E-state index contributed by atoms with van der Waals surface area (Å²) in [5.74, 6) is 1.17. The minimum atomic E-state index is -3.81. The van der Waals surface area contributed by atoms with Crippen molar-refractivity contribution in [3.63, 3.8) is 0 Å². The lowest BCUT2D eigenvalue weighted by Crippen LogP contribution is -2.01. The zero-order valence-corrected chi connectivity index (χ0v) is 26.0. The normalized spacial score (nSPS) is 11.8. The molecule has 5 nitrogen and oxygen atoms in total. The van der Waals surface area contributed by atoms with Crippen LogP contribution < -0.4 is 5.73 Å². The molecule has 0 heterocycles. The van der Waals surface area contributed by atoms with E-state index in [1.807, 2.05) is 0 Å². The van der Waals surface area contributed by atoms with Crippen molar-refractivity contribution in [3.8, 4) is 0 Å². The summed E-state index contributed by atoms with van der Waals surface area (Å²) >= 11 is 0. The highest BCUT2D eigenvalue weighted by molar-refractivity contribution is 7.47. The first-order valence-corrected chi connectivity index (χ1v) is 17.1. The first-order chi connectivity index (χ1) is 17.2. The van der Waals surface area contributed by atoms with E-state index in [1.54, 1.807) is 0 Å². The van der Waals surface area contributed by atoms with Crippen LogP contribution in [0, 0.1) is 11.8 Å². The smallest absolute Gasteiger partial charge is 0.330 e. The van der Waals surface area contributed by atoms with Gasteiger partial charge in [-0.3, -0.25) is 9.05 Å². The molecule has 0 saturated carbocycles. The van der Waals surface area contributed by atoms with E-state index in [1.165, 1.54) is 103 Å². The fourth-order valence-corrected chi connectivity index (χ4v) is 4.87. The number of hydrogen-bond donors (Lipinski definition) is 2. The quantitative estimate of drug-likeness (QED) is 0.0850. The van der Waals surface area contributed by atoms with Crippen LogP contribution in [0.5, 0.6) is 0 Å². The molecule has 0 spiro atoms. The van der Waals surface area contributed by atoms with Crippen molar-refractivity contribution < 1.29 is 18.5 Å². The van der Waals surface area contributed by atoms with Gasteiger partial charge in [0.05, 0.1) is 13.2 Å². The van der Waals surface area contributed by atoms with Gasteiger partial charge in [0.15, 0.2) is 0 Å². The minimum absolute atomic E-state index is 0.288. The van der Waals surface area contributed by atoms with E-state index < -0.39 is 7.82 Å². The summed E-state index contributed by atoms with van der Waals surface area (Å²) in [5.41, 5.74) is 5.48. The Kier molecular flexibility index (Phi) is 31.4. The third-order valence-corrected chi connectivity index (χ3v) is 7.44. The molecule has 0 atom stereocenters. The molecule has 0 fully saturated rings. The van der Waals surface area contributed by atoms with Gasteiger partial charge in [-0.2, -0.15) is 0 Å². The standard InChI is InChI=1S/C18H39N.C12H27O4P/c1-2-3-4-5-6-7-8-9-10-11-12-13-14-15-16-17-18-19;1-11(2)7-5-9-15-17(13,14)16-10-6-8-12(3)4/h2-19H2,1H3;11-12H,5-10H2,1-4H3,(H,13,14). The van der Waals surface area contributed by atoms with E-state index in [-0.39, 0.29) is 13.2 Å². The van der Waals surface area contributed by atoms with Gasteiger partial charge >= 0.3 is 7.82 Å². The first kappa shape index (κ1) is 38.2. The van der Waals surface area contributed by atoms with E-state index in [9.17, 15) is 9.46 Å². The number of hydrogen-bond acceptors (Lipinski definition) is 4. The lowest BCUT2D eigenvalue weighted by Gasteiger charge is -2.13. The molecule has 0 aromatic rings. The van der Waals surface area contributed by atoms with Gasteiger partial charge in [-0.1, -0.05) is 131 Å². The molecule has 0 aliphatic rings. The van der Waals surface area contributed by atoms with Crippen LogP contribution in [-0.2, 0) is 13.6 Å². The third kappa shape index (κ3) is 36.2. The molecular weight excluding hydrogens is 469 g/mol. The molecule has 0 amide bonds. The Hall–Kier alpha value is 0.0700. The van der Waals surface area contributed by atoms with Crippen LogP contribution >= 0.6 is 7.82 Å². The molecule has 0 aromatic heterocycles. The van der Waals surface area contributed by atoms with Crippen molar-refractivity contribution in [2.24, 2.45) is 17.6 Å². The van der Waals surface area contributed by atoms with Crippen molar-refractivity contribution in [1.82, 2.24) is 0 Å². The van der Waals surface area contributed by atoms with Crippen molar-refractivity contribution in [3.05, 3.63) is 0 Å². The third-order valence-electron chi connectivity index (χ3n) is 6.42. The maximum atomic E-state index is 11.4. The van der Waals surface area contributed by atoms with E-state index in [0.29, 0.717) is 11.8 Å². The van der Waals surface area contributed by atoms with Crippen molar-refractivity contribution in [2.45, 2.75) is 163 Å². The molecule has 0 saturated heterocycles. The molecular formula is C30H66NO4P. The number of phosphoric acid groups is 1. The zero-order valence-electron chi connectivity index (χ0n) is 25.1. The summed E-state index contributed by atoms with van der Waals surface area (Å²) in [4.78, 5) is 9.36. The predicted octanol–water partition coefficient (Wildman–Crippen LogP) is 10.2. The fourth-order valence-electron chi connectivity index (χ4n) is 4.07. The molecule has 6 heteroatoms. The summed E-state index contributed by atoms with van der Waals surface area (Å²) in [6.07, 6.45) is 26.4. The van der Waals surface area contributed by atoms with Crippen molar-refractivity contribution in [2.75, 3.05) is 19.8 Å². The number of phosphoric ester groups is 1. The molecule has 3 N–H and O–H groups in total. The van der Waals surface area contributed by atoms with Gasteiger partial charge in [-0.05, 0) is 50.5 Å². The first-order valence-electron chi connectivity index (χ1n) is 15.6. The average molecular weight is 536 g/mol. The molecule has 36 heavy (non-hydrogen) atoms. The Morgan fingerprint density at radius 1 is 0.583 bits per heavy atom. The Morgan fingerprint density at radius 2 is 0.889 bits per heavy atom. The molecule has 0 aliphatic heterocycles. The van der Waals surface area contributed by atoms with Gasteiger partial charge < -0.3 is 10.6 Å². The largest absolute Gasteiger partial charge is 0.472 e. The molecule has 0 rings (SSSR count). The van der Waals surface area contributed by atoms with Gasteiger partial charge in [0.1, 0.15) is 0 Å². The summed E-state index contributed by atoms with van der Waals surface area (Å²) in [6.45, 7) is 12.2. The van der Waals surface area contributed by atoms with E-state index in [0.717, 1.165) is 32.2 Å². The van der Waals surface area contributed by atoms with Crippen LogP contribution in [0.25, 0.3) is 0 Å². The van der Waals surface area contributed by atoms with Crippen LogP contribution in [0.4, 0.5) is 0 Å². The highest BCUT2D eigenvalue weighted by atomic mass is 31.2. The van der Waals surface area contributed by atoms with Crippen molar-refractivity contribution in [1.29, 1.82) is 0 Å². The molecule has 0 bridgehead atoms. The highest BCUT2D eigenvalue weighted by Crippen LogP contribution is 2.43. The number of rotatable bonds is 26. The van der Waals surface area contributed by atoms with Crippen LogP contribution in [0.3, 0.4) is 0 Å². The van der Waals surface area contributed by atoms with Crippen LogP contribution in [-0.4, -0.2) is 24.7 Å². The number of unbranched alkanes of at least 4 members (excludes halogenated alkanes) is 15. The Bertz CT molecular complexity index is 424. The maximum absolute atomic E-state index is 11.4. The van der Waals surface area contributed by atoms with Gasteiger partial charge in [-0.25, -0.2) is 4.57 Å². The predicted molar refractivity (Wildman–Crippen MR) is 158 cm³/mol. The van der Waals surface area contributed by atoms with E-state index in [4.69, 9.17) is 14.8 Å². The molecule has 0 aliphatic carbocycles. The average Bonchev–Trinajstić information content (AvgIpc) is 2.82. The van der Waals surface area contributed by atoms with Crippen molar-refractivity contribution >= 4 is 7.82 Å². The van der Waals surface area contributed by atoms with Gasteiger partial charge in [0.2, 0.25) is 0 Å². The van der Waals surface area contributed by atoms with Gasteiger partial charge in [0, 0.05) is 0 Å². The van der Waals surface area contributed by atoms with Gasteiger partial charge in [0.25, 0.3) is 0 Å². The van der Waals surface area contributed by atoms with Crippen LogP contribution in [0.2, 0.25) is 0 Å². The lowest BCUT2D eigenvalue weighted by molar-refractivity contribution is 0.143. The summed E-state index contributed by atoms with van der Waals surface area (Å²) < 4.78 is 21.2. The number of nitrogens with two attached hydrogens (primary N) is 1. The fraction of sp³-hybridized carbons (Fsp3) is 1.00.